The van der Waals surface area contributed by atoms with Crippen LogP contribution in [0.2, 0.25) is 0 Å². The maximum atomic E-state index is 13.4. The van der Waals surface area contributed by atoms with Crippen LogP contribution in [0.15, 0.2) is 194 Å². The normalized spacial score (nSPS) is 43.3. The minimum Gasteiger partial charge on any atom is -0.390 e. The molecule has 35 atom stereocenters. The molecule has 0 aromatic carbocycles. The summed E-state index contributed by atoms with van der Waals surface area (Å²) in [6.07, 6.45) is 74.4. The third-order valence-corrected chi connectivity index (χ3v) is 46.2. The van der Waals surface area contributed by atoms with E-state index in [1.165, 1.54) is 199 Å². The number of fused-ring (bicyclic) bond motifs is 25. The SMILES string of the molecule is C=C(Cn1ccnc1)[C@H]1CC[C@H]2[C@@H]3CC=C4C[C@](O)(C#CCl)CC[C@@H]4[C@H]3CC[C@]12C.C=C(Cn1ccnc1)[C@H]1CC[C@H]2[C@@H]3CC=C4C[C@](O)(C(F)F)CC[C@@H]4[C@H]3CC[C@]12C.C=C(Cn1nccn1)[C@H]1CC[C@H]2[C@@H]3CC=C4C[C@@](C)(O)CC[C@@H]4[C@H]3CC[C@]12C.C=C(Cn1nccn1)[C@H]1CC[C@H]2[C@@H]3CC=C4C[C@](O)(CF)CC[C@@H]4[C@H]3CC[C@]12C.C=C(Cn1nccn1)[C@H]1CC[C@H]2[C@@H]3CC=C4C[C@](O)(COC)CC[C@@H]4[C@H]3CC[C@]12C. The molecule has 0 unspecified atom stereocenters. The van der Waals surface area contributed by atoms with E-state index in [4.69, 9.17) is 16.3 Å². The Morgan fingerprint density at radius 1 is 0.367 bits per heavy atom. The Balaban J connectivity index is 0.000000108. The summed E-state index contributed by atoms with van der Waals surface area (Å²) in [5.41, 5.74) is 10.4. The van der Waals surface area contributed by atoms with E-state index in [2.05, 4.69) is 159 Å². The van der Waals surface area contributed by atoms with Crippen molar-refractivity contribution in [2.75, 3.05) is 20.4 Å². The Labute approximate surface area is 879 Å². The lowest BCUT2D eigenvalue weighted by Crippen LogP contribution is -2.49. The number of hydrogen-bond acceptors (Lipinski definition) is 14. The molecule has 5 N–H and O–H groups in total. The highest BCUT2D eigenvalue weighted by Crippen LogP contribution is 2.72. The van der Waals surface area contributed by atoms with Gasteiger partial charge in [0, 0.05) is 63.2 Å². The highest BCUT2D eigenvalue weighted by molar-refractivity contribution is 6.30. The number of halogens is 4. The van der Waals surface area contributed by atoms with E-state index < -0.39 is 41.1 Å². The lowest BCUT2D eigenvalue weighted by molar-refractivity contribution is -0.119. The standard InChI is InChI=1S/C26H33ClN2O.C25H34F2N2O.C25H37N3O2.C24H34FN3O.C24H35N3O/c1-18(16-29-14-13-28-17-29)23-5-6-24-22-4-3-19-15-26(30,11-12-27)10-8-20(19)21(22)7-9-25(23,24)2;1-16(14-29-12-11-28-15-29)21-5-6-22-20-4-3-17-13-25(30,23(26)27)10-8-18(17)19(20)7-9-24(21,22)2;1-17(15-28-26-12-13-27-28)22-6-7-23-21-5-4-18-14-25(29,16-30-3)11-9-19(18)20(21)8-10-24(22,23)2;1-16(14-28-26-11-12-27-28)21-5-6-22-20-4-3-17-13-24(29,15-25)10-8-18(17)19(20)7-9-23(21,22)2;1-16(15-27-25-12-13-26-27)21-6-7-22-20-5-4-17-14-23(2,28)10-8-18(17)19(20)9-11-24(21,22)3/h3,13-14,17,20-24,30H,1,4-10,15-16H2,2H3;3,11-12,15,18-23,30H,1,4-10,13-14H2,2H3;4,12-13,19-23,29H,1,5-11,14-16H2,2-3H3;3,11-12,18-22,29H,1,4-10,13-15H2,2H3;4,12-13,18-22,28H,1,5-11,14-15H2,2-3H3/t20-,21+,22+,23+,24-,25+,26+;18-,19+,20+,21+,22-,24+,25-;19-,20+,21+,22+,23-,24+,25-;18-,19+,20+,21+,22-,23+,24-;18-,19+,20+,21+,22-,23-,24+/m00000/s1. The average Bonchev–Trinajstić information content (AvgIpc) is 1.61. The molecular weight excluding hydrogens is 1860 g/mol. The molecule has 5 heterocycles. The van der Waals surface area contributed by atoms with Crippen LogP contribution in [-0.4, -0.2) is 144 Å². The van der Waals surface area contributed by atoms with Gasteiger partial charge in [-0.1, -0.05) is 160 Å². The van der Waals surface area contributed by atoms with Crippen LogP contribution < -0.4 is 0 Å². The van der Waals surface area contributed by atoms with E-state index in [0.717, 1.165) is 179 Å². The summed E-state index contributed by atoms with van der Waals surface area (Å²) in [4.78, 5) is 13.7. The van der Waals surface area contributed by atoms with Crippen LogP contribution in [0.5, 0.6) is 0 Å². The molecule has 0 bridgehead atoms. The van der Waals surface area contributed by atoms with Crippen LogP contribution in [0, 0.1) is 186 Å². The number of allylic oxidation sites excluding steroid dienone is 10. The first-order chi connectivity index (χ1) is 70.5. The van der Waals surface area contributed by atoms with Crippen LogP contribution in [0.1, 0.15) is 298 Å². The molecule has 0 radical (unpaired) electrons. The van der Waals surface area contributed by atoms with Gasteiger partial charge in [-0.25, -0.2) is 23.1 Å². The Morgan fingerprint density at radius 3 is 0.986 bits per heavy atom. The van der Waals surface area contributed by atoms with Crippen LogP contribution in [0.3, 0.4) is 0 Å². The number of aromatic nitrogens is 13. The van der Waals surface area contributed by atoms with Crippen LogP contribution in [0.4, 0.5) is 13.2 Å². The number of nitrogens with zero attached hydrogens (tertiary/aromatic N) is 13. The van der Waals surface area contributed by atoms with Gasteiger partial charge in [-0.2, -0.15) is 45.0 Å². The van der Waals surface area contributed by atoms with Gasteiger partial charge in [0.25, 0.3) is 6.43 Å². The number of alkyl halides is 3. The van der Waals surface area contributed by atoms with E-state index in [1.54, 1.807) is 64.3 Å². The number of hydrogen-bond donors (Lipinski definition) is 5. The first-order valence-corrected chi connectivity index (χ1v) is 58.2. The van der Waals surface area contributed by atoms with Crippen molar-refractivity contribution in [1.82, 2.24) is 64.1 Å². The van der Waals surface area contributed by atoms with Crippen molar-refractivity contribution in [1.29, 1.82) is 0 Å². The van der Waals surface area contributed by atoms with E-state index >= 15 is 0 Å². The molecule has 19 nitrogen and oxygen atoms in total. The van der Waals surface area contributed by atoms with Gasteiger partial charge in [0.15, 0.2) is 0 Å². The highest BCUT2D eigenvalue weighted by atomic mass is 35.5. The number of ether oxygens (including phenoxy) is 1. The lowest BCUT2D eigenvalue weighted by Gasteiger charge is -2.54. The third kappa shape index (κ3) is 20.0. The zero-order valence-corrected chi connectivity index (χ0v) is 90.3. The summed E-state index contributed by atoms with van der Waals surface area (Å²) < 4.78 is 49.7. The molecule has 15 fully saturated rings. The molecule has 5 aromatic heterocycles. The topological polar surface area (TPSA) is 238 Å². The van der Waals surface area contributed by atoms with Gasteiger partial charge in [0.05, 0.1) is 92.9 Å². The summed E-state index contributed by atoms with van der Waals surface area (Å²) >= 11 is 5.62. The van der Waals surface area contributed by atoms with Crippen molar-refractivity contribution in [2.24, 2.45) is 175 Å². The second-order valence-corrected chi connectivity index (χ2v) is 53.5. The molecule has 0 saturated heterocycles. The van der Waals surface area contributed by atoms with Crippen molar-refractivity contribution >= 4 is 11.6 Å². The second-order valence-electron chi connectivity index (χ2n) is 53.3. The zero-order valence-electron chi connectivity index (χ0n) is 89.6. The maximum absolute atomic E-state index is 13.4. The summed E-state index contributed by atoms with van der Waals surface area (Å²) in [5, 5.41) is 81.2. The predicted octanol–water partition coefficient (Wildman–Crippen LogP) is 25.1. The molecular formula is C124H173ClF3N13O6. The van der Waals surface area contributed by atoms with Crippen molar-refractivity contribution in [3.63, 3.8) is 0 Å². The summed E-state index contributed by atoms with van der Waals surface area (Å²) in [5.74, 6) is 20.2. The Morgan fingerprint density at radius 2 is 0.667 bits per heavy atom. The fourth-order valence-corrected chi connectivity index (χ4v) is 39.5. The fourth-order valence-electron chi connectivity index (χ4n) is 39.3. The first-order valence-electron chi connectivity index (χ1n) is 57.8. The second kappa shape index (κ2) is 41.8. The Hall–Kier alpha value is -7.36. The largest absolute Gasteiger partial charge is 0.390 e. The van der Waals surface area contributed by atoms with Crippen molar-refractivity contribution in [3.8, 4) is 11.3 Å². The molecule has 23 heteroatoms. The lowest BCUT2D eigenvalue weighted by atomic mass is 9.51. The van der Waals surface area contributed by atoms with Gasteiger partial charge < -0.3 is 39.4 Å². The quantitative estimate of drug-likeness (QED) is 0.0382. The van der Waals surface area contributed by atoms with Gasteiger partial charge in [-0.3, -0.25) is 0 Å². The highest BCUT2D eigenvalue weighted by Gasteiger charge is 2.65. The fraction of sp³-hybridized carbons (Fsp3) is 0.726. The van der Waals surface area contributed by atoms with Gasteiger partial charge >= 0.3 is 0 Å². The molecule has 0 aliphatic heterocycles. The number of aliphatic hydroxyl groups is 5. The molecule has 15 saturated carbocycles. The summed E-state index contributed by atoms with van der Waals surface area (Å²) in [7, 11) is 1.70. The smallest absolute Gasteiger partial charge is 0.267 e. The Kier molecular flexibility index (Phi) is 30.0. The van der Waals surface area contributed by atoms with E-state index in [9.17, 15) is 38.7 Å². The molecule has 5 aromatic rings. The van der Waals surface area contributed by atoms with Crippen LogP contribution in [0.25, 0.3) is 0 Å². The molecule has 20 aliphatic carbocycles. The van der Waals surface area contributed by atoms with Crippen molar-refractivity contribution in [3.05, 3.63) is 194 Å². The van der Waals surface area contributed by atoms with Gasteiger partial charge in [-0.05, 0) is 438 Å². The zero-order chi connectivity index (χ0) is 103. The average molecular weight is 2030 g/mol. The van der Waals surface area contributed by atoms with Gasteiger partial charge in [0.1, 0.15) is 17.9 Å². The minimum atomic E-state index is -2.65. The monoisotopic (exact) mass is 2030 g/mol. The molecule has 0 spiro atoms. The van der Waals surface area contributed by atoms with E-state index in [1.807, 2.05) is 44.4 Å². The molecule has 25 rings (SSSR count). The predicted molar refractivity (Wildman–Crippen MR) is 571 cm³/mol. The summed E-state index contributed by atoms with van der Waals surface area (Å²) in [6.45, 7) is 41.0. The number of methoxy groups -OCH3 is 1. The number of rotatable bonds is 19. The van der Waals surface area contributed by atoms with Crippen LogP contribution in [-0.2, 0) is 37.5 Å². The van der Waals surface area contributed by atoms with Crippen molar-refractivity contribution in [2.45, 2.75) is 366 Å². The van der Waals surface area contributed by atoms with Crippen LogP contribution >= 0.6 is 11.6 Å². The minimum absolute atomic E-state index is 0.171. The Bertz CT molecular complexity index is 5760. The van der Waals surface area contributed by atoms with Gasteiger partial charge in [0.2, 0.25) is 0 Å². The maximum Gasteiger partial charge on any atom is 0.267 e. The third-order valence-electron chi connectivity index (χ3n) is 46.1. The summed E-state index contributed by atoms with van der Waals surface area (Å²) in [6, 6.07) is 0. The molecule has 798 valence electrons. The molecule has 147 heavy (non-hydrogen) atoms. The van der Waals surface area contributed by atoms with E-state index in [-0.39, 0.29) is 12.8 Å². The van der Waals surface area contributed by atoms with E-state index in [0.29, 0.717) is 130 Å². The van der Waals surface area contributed by atoms with Crippen molar-refractivity contribution < 1.29 is 43.4 Å². The van der Waals surface area contributed by atoms with Gasteiger partial charge in [-0.15, -0.1) is 0 Å². The molecule has 0 amide bonds. The first kappa shape index (κ1) is 105. The molecule has 20 aliphatic rings. The number of imidazole rings is 2.